The summed E-state index contributed by atoms with van der Waals surface area (Å²) in [5, 5.41) is 7.04. The monoisotopic (exact) mass is 321 g/mol. The zero-order chi connectivity index (χ0) is 16.5. The zero-order valence-electron chi connectivity index (χ0n) is 14.0. The minimum atomic E-state index is -0.271. The van der Waals surface area contributed by atoms with E-state index in [0.717, 1.165) is 28.8 Å². The Morgan fingerprint density at radius 2 is 1.88 bits per heavy atom. The molecule has 1 heterocycles. The lowest BCUT2D eigenvalue weighted by molar-refractivity contribution is 0.306. The molecule has 1 aromatic heterocycles. The standard InChI is InChI=1S/C21H23NO2/c1-14-6-9-17(10-7-14)22-13-16-12-20(23)24-19-11-8-15-4-2-3-5-18(15)21(16)19/h2-5,8,11-12,14,17,22H,6-7,9-10,13H2,1H3. The van der Waals surface area contributed by atoms with Crippen molar-refractivity contribution in [1.29, 1.82) is 0 Å². The summed E-state index contributed by atoms with van der Waals surface area (Å²) in [5.41, 5.74) is 1.44. The Bertz CT molecular complexity index is 920. The van der Waals surface area contributed by atoms with E-state index in [1.54, 1.807) is 6.07 Å². The van der Waals surface area contributed by atoms with E-state index in [1.165, 1.54) is 31.1 Å². The molecule has 4 rings (SSSR count). The van der Waals surface area contributed by atoms with E-state index < -0.39 is 0 Å². The third kappa shape index (κ3) is 2.96. The minimum Gasteiger partial charge on any atom is -0.423 e. The molecule has 0 spiro atoms. The molecule has 0 amide bonds. The van der Waals surface area contributed by atoms with E-state index in [1.807, 2.05) is 24.3 Å². The molecule has 3 heteroatoms. The predicted molar refractivity (Wildman–Crippen MR) is 98.2 cm³/mol. The Balaban J connectivity index is 1.71. The number of nitrogens with one attached hydrogen (secondary N) is 1. The smallest absolute Gasteiger partial charge is 0.336 e. The molecular weight excluding hydrogens is 298 g/mol. The molecule has 1 saturated carbocycles. The molecule has 0 unspecified atom stereocenters. The van der Waals surface area contributed by atoms with Gasteiger partial charge in [0.15, 0.2) is 0 Å². The van der Waals surface area contributed by atoms with Gasteiger partial charge in [-0.3, -0.25) is 0 Å². The summed E-state index contributed by atoms with van der Waals surface area (Å²) in [7, 11) is 0. The van der Waals surface area contributed by atoms with Gasteiger partial charge in [0.25, 0.3) is 0 Å². The third-order valence-corrected chi connectivity index (χ3v) is 5.31. The summed E-state index contributed by atoms with van der Waals surface area (Å²) in [6.45, 7) is 3.05. The molecule has 0 radical (unpaired) electrons. The van der Waals surface area contributed by atoms with Crippen LogP contribution in [0, 0.1) is 5.92 Å². The molecule has 1 aliphatic rings. The maximum absolute atomic E-state index is 11.9. The van der Waals surface area contributed by atoms with Crippen molar-refractivity contribution in [1.82, 2.24) is 5.32 Å². The van der Waals surface area contributed by atoms with Gasteiger partial charge in [-0.15, -0.1) is 0 Å². The van der Waals surface area contributed by atoms with E-state index in [4.69, 9.17) is 4.42 Å². The zero-order valence-corrected chi connectivity index (χ0v) is 14.0. The molecule has 0 bridgehead atoms. The van der Waals surface area contributed by atoms with Crippen LogP contribution < -0.4 is 10.9 Å². The Labute approximate surface area is 141 Å². The average molecular weight is 321 g/mol. The van der Waals surface area contributed by atoms with Crippen molar-refractivity contribution in [2.75, 3.05) is 0 Å². The first-order chi connectivity index (χ1) is 11.7. The summed E-state index contributed by atoms with van der Waals surface area (Å²) >= 11 is 0. The fraction of sp³-hybridized carbons (Fsp3) is 0.381. The molecular formula is C21H23NO2. The average Bonchev–Trinajstić information content (AvgIpc) is 2.60. The third-order valence-electron chi connectivity index (χ3n) is 5.31. The summed E-state index contributed by atoms with van der Waals surface area (Å²) < 4.78 is 5.43. The van der Waals surface area contributed by atoms with Crippen LogP contribution in [0.25, 0.3) is 21.7 Å². The van der Waals surface area contributed by atoms with Gasteiger partial charge in [-0.2, -0.15) is 0 Å². The van der Waals surface area contributed by atoms with Crippen molar-refractivity contribution in [3.63, 3.8) is 0 Å². The van der Waals surface area contributed by atoms with Gasteiger partial charge in [-0.1, -0.05) is 37.3 Å². The largest absolute Gasteiger partial charge is 0.423 e. The van der Waals surface area contributed by atoms with Crippen molar-refractivity contribution in [3.05, 3.63) is 58.4 Å². The van der Waals surface area contributed by atoms with Crippen LogP contribution >= 0.6 is 0 Å². The van der Waals surface area contributed by atoms with Crippen LogP contribution in [-0.4, -0.2) is 6.04 Å². The second-order valence-corrected chi connectivity index (χ2v) is 7.09. The SMILES string of the molecule is CC1CCC(NCc2cc(=O)oc3ccc4ccccc4c23)CC1. The Hall–Kier alpha value is -2.13. The van der Waals surface area contributed by atoms with Gasteiger partial charge in [0, 0.05) is 24.0 Å². The highest BCUT2D eigenvalue weighted by Crippen LogP contribution is 2.28. The first-order valence-electron chi connectivity index (χ1n) is 8.88. The fourth-order valence-corrected chi connectivity index (χ4v) is 3.88. The van der Waals surface area contributed by atoms with Crippen LogP contribution in [0.4, 0.5) is 0 Å². The normalized spacial score (nSPS) is 21.4. The lowest BCUT2D eigenvalue weighted by Crippen LogP contribution is -2.32. The molecule has 1 aliphatic carbocycles. The number of benzene rings is 2. The highest BCUT2D eigenvalue weighted by molar-refractivity contribution is 6.07. The van der Waals surface area contributed by atoms with Crippen LogP contribution in [0.2, 0.25) is 0 Å². The first kappa shape index (κ1) is 15.4. The van der Waals surface area contributed by atoms with Gasteiger partial charge in [0.1, 0.15) is 5.58 Å². The summed E-state index contributed by atoms with van der Waals surface area (Å²) in [4.78, 5) is 11.9. The van der Waals surface area contributed by atoms with Gasteiger partial charge >= 0.3 is 5.63 Å². The molecule has 0 atom stereocenters. The lowest BCUT2D eigenvalue weighted by Gasteiger charge is -2.27. The maximum atomic E-state index is 11.9. The predicted octanol–water partition coefficient (Wildman–Crippen LogP) is 4.61. The molecule has 3 nitrogen and oxygen atoms in total. The molecule has 124 valence electrons. The maximum Gasteiger partial charge on any atom is 0.336 e. The minimum absolute atomic E-state index is 0.271. The molecule has 3 aromatic rings. The van der Waals surface area contributed by atoms with Crippen molar-refractivity contribution in [2.45, 2.75) is 45.2 Å². The highest BCUT2D eigenvalue weighted by atomic mass is 16.4. The van der Waals surface area contributed by atoms with Gasteiger partial charge in [-0.25, -0.2) is 4.79 Å². The topological polar surface area (TPSA) is 42.2 Å². The van der Waals surface area contributed by atoms with E-state index in [-0.39, 0.29) is 5.63 Å². The van der Waals surface area contributed by atoms with E-state index >= 15 is 0 Å². The van der Waals surface area contributed by atoms with Crippen molar-refractivity contribution in [2.24, 2.45) is 5.92 Å². The Kier molecular flexibility index (Phi) is 4.11. The van der Waals surface area contributed by atoms with Crippen molar-refractivity contribution >= 4 is 21.7 Å². The number of fused-ring (bicyclic) bond motifs is 3. The van der Waals surface area contributed by atoms with Crippen LogP contribution in [-0.2, 0) is 6.54 Å². The van der Waals surface area contributed by atoms with Crippen LogP contribution in [0.5, 0.6) is 0 Å². The van der Waals surface area contributed by atoms with Crippen LogP contribution in [0.1, 0.15) is 38.2 Å². The molecule has 1 fully saturated rings. The molecule has 2 aromatic carbocycles. The van der Waals surface area contributed by atoms with E-state index in [0.29, 0.717) is 11.6 Å². The second kappa shape index (κ2) is 6.40. The quantitative estimate of drug-likeness (QED) is 0.565. The van der Waals surface area contributed by atoms with Gasteiger partial charge in [0.2, 0.25) is 0 Å². The fourth-order valence-electron chi connectivity index (χ4n) is 3.88. The number of hydrogen-bond acceptors (Lipinski definition) is 3. The summed E-state index contributed by atoms with van der Waals surface area (Å²) in [5.74, 6) is 0.844. The van der Waals surface area contributed by atoms with Gasteiger partial charge in [-0.05, 0) is 54.0 Å². The Morgan fingerprint density at radius 3 is 2.71 bits per heavy atom. The Morgan fingerprint density at radius 1 is 1.08 bits per heavy atom. The number of rotatable bonds is 3. The molecule has 1 N–H and O–H groups in total. The summed E-state index contributed by atoms with van der Waals surface area (Å²) in [6.07, 6.45) is 5.03. The lowest BCUT2D eigenvalue weighted by atomic mass is 9.87. The molecule has 0 saturated heterocycles. The van der Waals surface area contributed by atoms with Gasteiger partial charge < -0.3 is 9.73 Å². The first-order valence-corrected chi connectivity index (χ1v) is 8.88. The number of hydrogen-bond donors (Lipinski definition) is 1. The van der Waals surface area contributed by atoms with E-state index in [9.17, 15) is 4.79 Å². The van der Waals surface area contributed by atoms with Crippen LogP contribution in [0.3, 0.4) is 0 Å². The van der Waals surface area contributed by atoms with Crippen LogP contribution in [0.15, 0.2) is 51.7 Å². The van der Waals surface area contributed by atoms with E-state index in [2.05, 4.69) is 24.4 Å². The van der Waals surface area contributed by atoms with Crippen molar-refractivity contribution in [3.8, 4) is 0 Å². The summed E-state index contributed by atoms with van der Waals surface area (Å²) in [6, 6.07) is 14.4. The molecule has 0 aliphatic heterocycles. The highest BCUT2D eigenvalue weighted by Gasteiger charge is 2.18. The second-order valence-electron chi connectivity index (χ2n) is 7.09. The molecule has 24 heavy (non-hydrogen) atoms. The van der Waals surface area contributed by atoms with Gasteiger partial charge in [0.05, 0.1) is 0 Å². The van der Waals surface area contributed by atoms with Crippen molar-refractivity contribution < 1.29 is 4.42 Å².